The molecular formula is C29H28N2O. The van der Waals surface area contributed by atoms with Crippen molar-refractivity contribution in [1.82, 2.24) is 9.97 Å². The van der Waals surface area contributed by atoms with Crippen LogP contribution in [0.2, 0.25) is 0 Å². The highest BCUT2D eigenvalue weighted by atomic mass is 16.3. The first-order valence-electron chi connectivity index (χ1n) is 12.6. The Balaban J connectivity index is 1.53. The Labute approximate surface area is 193 Å². The van der Waals surface area contributed by atoms with Crippen LogP contribution >= 0.6 is 0 Å². The molecule has 0 saturated carbocycles. The van der Waals surface area contributed by atoms with E-state index in [0.29, 0.717) is 17.2 Å². The maximum atomic E-state index is 7.66. The summed E-state index contributed by atoms with van der Waals surface area (Å²) in [5, 5.41) is 1.69. The Kier molecular flexibility index (Phi) is 4.41. The van der Waals surface area contributed by atoms with Crippen molar-refractivity contribution < 1.29 is 8.53 Å². The molecule has 0 aliphatic rings. The smallest absolute Gasteiger partial charge is 0.227 e. The summed E-state index contributed by atoms with van der Waals surface area (Å²) in [6.45, 7) is 4.28. The SMILES string of the molecule is [2H]C([2H])([2H])c1ccc2c(n1)oc1c(-c3cc(Cc4ccc(CC(C)C)cc4)c(C)cn3)cccc12. The van der Waals surface area contributed by atoms with Gasteiger partial charge >= 0.3 is 0 Å². The summed E-state index contributed by atoms with van der Waals surface area (Å²) in [5.74, 6) is 0.641. The topological polar surface area (TPSA) is 38.9 Å². The number of para-hydroxylation sites is 1. The molecule has 0 amide bonds. The normalized spacial score (nSPS) is 13.4. The predicted octanol–water partition coefficient (Wildman–Crippen LogP) is 7.45. The highest BCUT2D eigenvalue weighted by Gasteiger charge is 2.15. The van der Waals surface area contributed by atoms with Crippen LogP contribution in [0, 0.1) is 19.7 Å². The van der Waals surface area contributed by atoms with Crippen LogP contribution in [0.4, 0.5) is 0 Å². The van der Waals surface area contributed by atoms with Gasteiger partial charge in [-0.25, -0.2) is 4.98 Å². The number of hydrogen-bond acceptors (Lipinski definition) is 3. The fourth-order valence-corrected chi connectivity index (χ4v) is 4.27. The lowest BCUT2D eigenvalue weighted by Crippen LogP contribution is -1.97. The lowest BCUT2D eigenvalue weighted by Gasteiger charge is -2.10. The van der Waals surface area contributed by atoms with Crippen LogP contribution in [0.1, 0.15) is 45.9 Å². The number of pyridine rings is 2. The van der Waals surface area contributed by atoms with Gasteiger partial charge in [0.1, 0.15) is 5.58 Å². The van der Waals surface area contributed by atoms with E-state index in [1.165, 1.54) is 16.7 Å². The molecule has 3 heteroatoms. The van der Waals surface area contributed by atoms with Gasteiger partial charge in [-0.05, 0) is 79.1 Å². The van der Waals surface area contributed by atoms with Crippen molar-refractivity contribution in [3.8, 4) is 11.3 Å². The summed E-state index contributed by atoms with van der Waals surface area (Å²) in [7, 11) is 0. The van der Waals surface area contributed by atoms with E-state index < -0.39 is 6.85 Å². The van der Waals surface area contributed by atoms with E-state index in [-0.39, 0.29) is 5.69 Å². The van der Waals surface area contributed by atoms with Crippen molar-refractivity contribution >= 4 is 22.1 Å². The zero-order chi connectivity index (χ0) is 24.7. The van der Waals surface area contributed by atoms with Crippen LogP contribution in [-0.4, -0.2) is 9.97 Å². The number of nitrogens with zero attached hydrogens (tertiary/aromatic N) is 2. The van der Waals surface area contributed by atoms with Crippen LogP contribution in [0.25, 0.3) is 33.3 Å². The molecule has 3 aromatic heterocycles. The number of furan rings is 1. The molecule has 0 fully saturated rings. The van der Waals surface area contributed by atoms with E-state index in [2.05, 4.69) is 56.1 Å². The Morgan fingerprint density at radius 3 is 2.56 bits per heavy atom. The fraction of sp³-hybridized carbons (Fsp3) is 0.241. The first kappa shape index (κ1) is 17.1. The summed E-state index contributed by atoms with van der Waals surface area (Å²) >= 11 is 0. The quantitative estimate of drug-likeness (QED) is 0.295. The molecule has 32 heavy (non-hydrogen) atoms. The standard InChI is InChI=1S/C29H28N2O/c1-18(2)14-21-9-11-22(12-10-21)15-23-16-27(30-17-19(23)3)26-7-5-6-24-25-13-8-20(4)31-29(25)32-28(24)26/h5-13,16-18H,14-15H2,1-4H3/i4D3. The van der Waals surface area contributed by atoms with Crippen molar-refractivity contribution in [1.29, 1.82) is 0 Å². The molecule has 3 nitrogen and oxygen atoms in total. The van der Waals surface area contributed by atoms with E-state index in [1.807, 2.05) is 24.4 Å². The van der Waals surface area contributed by atoms with E-state index in [9.17, 15) is 0 Å². The van der Waals surface area contributed by atoms with Gasteiger partial charge < -0.3 is 4.42 Å². The van der Waals surface area contributed by atoms with Gasteiger partial charge in [-0.3, -0.25) is 4.98 Å². The van der Waals surface area contributed by atoms with Crippen molar-refractivity contribution in [2.45, 2.75) is 40.5 Å². The number of rotatable bonds is 5. The molecule has 0 N–H and O–H groups in total. The molecule has 0 spiro atoms. The first-order chi connectivity index (χ1) is 16.7. The summed E-state index contributed by atoms with van der Waals surface area (Å²) in [4.78, 5) is 8.99. The molecule has 5 aromatic rings. The monoisotopic (exact) mass is 423 g/mol. The van der Waals surface area contributed by atoms with Gasteiger partial charge in [0.15, 0.2) is 0 Å². The minimum absolute atomic E-state index is 0.0285. The lowest BCUT2D eigenvalue weighted by atomic mass is 9.97. The molecule has 0 saturated heterocycles. The number of aromatic nitrogens is 2. The van der Waals surface area contributed by atoms with E-state index in [0.717, 1.165) is 40.4 Å². The molecule has 0 bridgehead atoms. The average Bonchev–Trinajstić information content (AvgIpc) is 3.19. The summed E-state index contributed by atoms with van der Waals surface area (Å²) in [6.07, 6.45) is 3.82. The molecule has 3 heterocycles. The third kappa shape index (κ3) is 3.91. The lowest BCUT2D eigenvalue weighted by molar-refractivity contribution is 0.647. The van der Waals surface area contributed by atoms with Crippen molar-refractivity contribution in [3.05, 3.63) is 94.8 Å². The number of aryl methyl sites for hydroxylation is 2. The molecule has 0 aliphatic carbocycles. The average molecular weight is 424 g/mol. The van der Waals surface area contributed by atoms with Crippen LogP contribution < -0.4 is 0 Å². The molecule has 0 atom stereocenters. The van der Waals surface area contributed by atoms with Crippen molar-refractivity contribution in [2.24, 2.45) is 5.92 Å². The summed E-state index contributed by atoms with van der Waals surface area (Å²) in [6, 6.07) is 20.2. The van der Waals surface area contributed by atoms with E-state index in [1.54, 1.807) is 12.1 Å². The molecule has 2 aromatic carbocycles. The Morgan fingerprint density at radius 2 is 1.78 bits per heavy atom. The number of benzene rings is 2. The van der Waals surface area contributed by atoms with Gasteiger partial charge in [-0.2, -0.15) is 0 Å². The van der Waals surface area contributed by atoms with Crippen molar-refractivity contribution in [2.75, 3.05) is 0 Å². The third-order valence-corrected chi connectivity index (χ3v) is 5.92. The highest BCUT2D eigenvalue weighted by Crippen LogP contribution is 2.35. The zero-order valence-corrected chi connectivity index (χ0v) is 18.6. The molecule has 0 aliphatic heterocycles. The third-order valence-electron chi connectivity index (χ3n) is 5.92. The Morgan fingerprint density at radius 1 is 0.969 bits per heavy atom. The molecule has 0 radical (unpaired) electrons. The van der Waals surface area contributed by atoms with Crippen molar-refractivity contribution in [3.63, 3.8) is 0 Å². The molecular weight excluding hydrogens is 392 g/mol. The van der Waals surface area contributed by atoms with Gasteiger partial charge in [0, 0.05) is 32.3 Å². The number of fused-ring (bicyclic) bond motifs is 3. The van der Waals surface area contributed by atoms with Crippen LogP contribution in [-0.2, 0) is 12.8 Å². The Bertz CT molecular complexity index is 1520. The van der Waals surface area contributed by atoms with Gasteiger partial charge in [0.2, 0.25) is 5.71 Å². The van der Waals surface area contributed by atoms with Gasteiger partial charge in [0.05, 0.1) is 5.69 Å². The predicted molar refractivity (Wildman–Crippen MR) is 132 cm³/mol. The van der Waals surface area contributed by atoms with Crippen LogP contribution in [0.5, 0.6) is 0 Å². The largest absolute Gasteiger partial charge is 0.437 e. The van der Waals surface area contributed by atoms with Gasteiger partial charge in [-0.1, -0.05) is 50.2 Å². The Hall–Kier alpha value is -3.46. The minimum Gasteiger partial charge on any atom is -0.437 e. The maximum Gasteiger partial charge on any atom is 0.227 e. The molecule has 0 unspecified atom stereocenters. The first-order valence-corrected chi connectivity index (χ1v) is 11.1. The minimum atomic E-state index is -2.28. The fourth-order valence-electron chi connectivity index (χ4n) is 4.27. The van der Waals surface area contributed by atoms with Gasteiger partial charge in [0.25, 0.3) is 0 Å². The summed E-state index contributed by atoms with van der Waals surface area (Å²) < 4.78 is 29.1. The van der Waals surface area contributed by atoms with Gasteiger partial charge in [-0.15, -0.1) is 0 Å². The second-order valence-electron chi connectivity index (χ2n) is 8.92. The summed E-state index contributed by atoms with van der Waals surface area (Å²) in [5.41, 5.74) is 7.69. The second kappa shape index (κ2) is 8.23. The molecule has 5 rings (SSSR count). The van der Waals surface area contributed by atoms with E-state index in [4.69, 9.17) is 13.5 Å². The second-order valence-corrected chi connectivity index (χ2v) is 8.92. The van der Waals surface area contributed by atoms with Crippen LogP contribution in [0.15, 0.2) is 71.3 Å². The molecule has 160 valence electrons. The highest BCUT2D eigenvalue weighted by molar-refractivity contribution is 6.08. The zero-order valence-electron chi connectivity index (χ0n) is 21.6. The number of hydrogen-bond donors (Lipinski definition) is 0. The maximum absolute atomic E-state index is 7.66. The van der Waals surface area contributed by atoms with E-state index >= 15 is 0 Å². The van der Waals surface area contributed by atoms with Crippen LogP contribution in [0.3, 0.4) is 0 Å².